The number of aromatic nitrogens is 8. The predicted octanol–water partition coefficient (Wildman–Crippen LogP) is 18.2. The van der Waals surface area contributed by atoms with Crippen LogP contribution < -0.4 is 0 Å². The van der Waals surface area contributed by atoms with E-state index in [2.05, 4.69) is 198 Å². The molecule has 0 bridgehead atoms. The molecule has 71 heavy (non-hydrogen) atoms. The molecule has 0 radical (unpaired) electrons. The van der Waals surface area contributed by atoms with Crippen LogP contribution in [0.15, 0.2) is 154 Å². The lowest BCUT2D eigenvalue weighted by Gasteiger charge is -2.01. The van der Waals surface area contributed by atoms with Gasteiger partial charge in [-0.15, -0.1) is 34.0 Å². The number of benzene rings is 2. The van der Waals surface area contributed by atoms with Crippen molar-refractivity contribution in [3.05, 3.63) is 188 Å². The molecule has 13 heteroatoms. The summed E-state index contributed by atoms with van der Waals surface area (Å²) in [5.74, 6) is 5.35. The fourth-order valence-corrected chi connectivity index (χ4v) is 7.65. The van der Waals surface area contributed by atoms with Crippen molar-refractivity contribution >= 4 is 44.2 Å². The van der Waals surface area contributed by atoms with Crippen LogP contribution in [0.5, 0.6) is 0 Å². The van der Waals surface area contributed by atoms with Crippen LogP contribution in [0, 0.1) is 0 Å². The van der Waals surface area contributed by atoms with Crippen molar-refractivity contribution in [2.75, 3.05) is 0 Å². The second-order valence-electron chi connectivity index (χ2n) is 18.7. The fraction of sp³-hybridized carbons (Fsp3) is 0.414. The van der Waals surface area contributed by atoms with Gasteiger partial charge < -0.3 is 9.05 Å². The van der Waals surface area contributed by atoms with Crippen molar-refractivity contribution in [3.8, 4) is 0 Å². The first-order valence-electron chi connectivity index (χ1n) is 24.6. The Morgan fingerprint density at radius 2 is 1.13 bits per heavy atom. The Hall–Kier alpha value is -5.76. The summed E-state index contributed by atoms with van der Waals surface area (Å²) in [6, 6.07) is 32.5. The second-order valence-corrected chi connectivity index (χ2v) is 21.6. The Labute approximate surface area is 437 Å². The van der Waals surface area contributed by atoms with Gasteiger partial charge in [0.05, 0.1) is 43.3 Å². The van der Waals surface area contributed by atoms with E-state index < -0.39 is 0 Å². The molecule has 0 unspecified atom stereocenters. The molecule has 9 aromatic rings. The molecule has 2 aromatic carbocycles. The normalized spacial score (nSPS) is 10.4. The number of para-hydroxylation sites is 1. The number of hydrogen-bond donors (Lipinski definition) is 0. The van der Waals surface area contributed by atoms with Crippen LogP contribution in [0.3, 0.4) is 0 Å². The third-order valence-corrected chi connectivity index (χ3v) is 13.3. The van der Waals surface area contributed by atoms with E-state index in [0.29, 0.717) is 47.3 Å². The van der Waals surface area contributed by atoms with Gasteiger partial charge in [-0.05, 0) is 71.6 Å². The van der Waals surface area contributed by atoms with E-state index in [0.717, 1.165) is 28.4 Å². The molecule has 0 aliphatic rings. The third-order valence-electron chi connectivity index (χ3n) is 9.78. The van der Waals surface area contributed by atoms with E-state index in [1.54, 1.807) is 52.7 Å². The van der Waals surface area contributed by atoms with E-state index in [1.165, 1.54) is 25.2 Å². The van der Waals surface area contributed by atoms with Crippen LogP contribution in [-0.4, -0.2) is 40.4 Å². The van der Waals surface area contributed by atoms with Gasteiger partial charge in [-0.1, -0.05) is 170 Å². The van der Waals surface area contributed by atoms with E-state index in [9.17, 15) is 0 Å². The van der Waals surface area contributed by atoms with Crippen molar-refractivity contribution in [2.45, 2.75) is 158 Å². The number of nitrogens with zero attached hydrogens (tertiary/aromatic N) is 8. The topological polar surface area (TPSA) is 129 Å². The molecule has 0 aliphatic carbocycles. The van der Waals surface area contributed by atoms with Gasteiger partial charge in [-0.2, -0.15) is 10.2 Å². The number of thiazole rings is 3. The maximum atomic E-state index is 4.84. The molecule has 0 atom stereocenters. The maximum Gasteiger partial charge on any atom is 0.139 e. The van der Waals surface area contributed by atoms with Crippen LogP contribution in [-0.2, 0) is 0 Å². The van der Waals surface area contributed by atoms with Crippen LogP contribution in [0.2, 0.25) is 0 Å². The molecule has 0 aliphatic heterocycles. The van der Waals surface area contributed by atoms with E-state index in [4.69, 9.17) is 4.52 Å². The lowest BCUT2D eigenvalue weighted by atomic mass is 10.0. The summed E-state index contributed by atoms with van der Waals surface area (Å²) in [5.41, 5.74) is 7.65. The molecule has 0 saturated heterocycles. The highest BCUT2D eigenvalue weighted by Crippen LogP contribution is 2.26. The van der Waals surface area contributed by atoms with Crippen molar-refractivity contribution < 1.29 is 9.05 Å². The highest BCUT2D eigenvalue weighted by atomic mass is 32.1. The molecular formula is C58H80N8O2S3. The van der Waals surface area contributed by atoms with E-state index in [1.807, 2.05) is 84.1 Å². The molecule has 10 nitrogen and oxygen atoms in total. The monoisotopic (exact) mass is 1020 g/mol. The van der Waals surface area contributed by atoms with Crippen LogP contribution >= 0.6 is 34.0 Å². The van der Waals surface area contributed by atoms with Gasteiger partial charge in [0, 0.05) is 70.6 Å². The number of rotatable bonds is 8. The zero-order valence-corrected chi connectivity index (χ0v) is 47.5. The predicted molar refractivity (Wildman–Crippen MR) is 302 cm³/mol. The molecule has 0 fully saturated rings. The summed E-state index contributed by atoms with van der Waals surface area (Å²) >= 11 is 5.23. The van der Waals surface area contributed by atoms with E-state index >= 15 is 0 Å². The van der Waals surface area contributed by atoms with Crippen LogP contribution in [0.25, 0.3) is 10.2 Å². The highest BCUT2D eigenvalue weighted by Gasteiger charge is 2.06. The minimum Gasteiger partial charge on any atom is -0.365 e. The largest absolute Gasteiger partial charge is 0.365 e. The van der Waals surface area contributed by atoms with Crippen molar-refractivity contribution in [2.24, 2.45) is 0 Å². The number of pyridine rings is 1. The van der Waals surface area contributed by atoms with Crippen LogP contribution in [0.1, 0.15) is 201 Å². The second kappa shape index (κ2) is 35.4. The highest BCUT2D eigenvalue weighted by molar-refractivity contribution is 7.18. The minimum atomic E-state index is 0.456. The first kappa shape index (κ1) is 61.4. The van der Waals surface area contributed by atoms with Crippen LogP contribution in [0.4, 0.5) is 0 Å². The van der Waals surface area contributed by atoms with Gasteiger partial charge in [0.1, 0.15) is 12.0 Å². The van der Waals surface area contributed by atoms with Gasteiger partial charge in [0.25, 0.3) is 0 Å². The summed E-state index contributed by atoms with van der Waals surface area (Å²) in [4.78, 5) is 18.2. The SMILES string of the molecule is CC(C)c1ccccc1.CC(C)c1ccccn1.CC(C)c1cccnn1.CC(C)c1ccno1.CC(C)c1ccon1.CC(C)c1cncs1.CC(C)c1nc2ccccc2s1.CC(C)c1nccs1. The standard InChI is InChI=1S/C10H11NS.C9H12.C8H11N.C7H10N2.2C6H9NO.2C6H9NS/c1-7(2)10-11-8-5-3-4-6-9(8)12-10;1-8(2)9-6-4-3-5-7-9;1-7(2)8-5-3-4-6-9-8;1-6(2)7-4-3-5-8-9-7;1-5(2)6-3-4-8-7-6;1-5(2)6-3-4-7-8-6;1-5(2)6-3-7-4-8-6;1-5(2)6-7-3-4-8-6/h3-7H,1-2H3;3-8H,1-2H3;3-7H,1-2H3;3-6H,1-2H3;4*3-5H,1-2H3. The zero-order chi connectivity index (χ0) is 52.6. The van der Waals surface area contributed by atoms with Crippen molar-refractivity contribution in [1.29, 1.82) is 0 Å². The summed E-state index contributed by atoms with van der Waals surface area (Å²) in [7, 11) is 0. The molecule has 7 aromatic heterocycles. The molecule has 9 rings (SSSR count). The minimum absolute atomic E-state index is 0.456. The first-order chi connectivity index (χ1) is 33.9. The molecule has 0 amide bonds. The first-order valence-corrected chi connectivity index (χ1v) is 27.2. The summed E-state index contributed by atoms with van der Waals surface area (Å²) in [6.07, 6.45) is 10.5. The fourth-order valence-electron chi connectivity index (χ4n) is 5.39. The Bertz CT molecular complexity index is 2250. The summed E-state index contributed by atoms with van der Waals surface area (Å²) in [5, 5.41) is 19.5. The third kappa shape index (κ3) is 26.3. The molecule has 0 saturated carbocycles. The van der Waals surface area contributed by atoms with Crippen molar-refractivity contribution in [1.82, 2.24) is 40.4 Å². The Morgan fingerprint density at radius 1 is 0.479 bits per heavy atom. The number of hydrogen-bond acceptors (Lipinski definition) is 13. The Balaban J connectivity index is 0.000000279. The van der Waals surface area contributed by atoms with Crippen molar-refractivity contribution in [3.63, 3.8) is 0 Å². The van der Waals surface area contributed by atoms with Gasteiger partial charge in [0.15, 0.2) is 0 Å². The van der Waals surface area contributed by atoms with Gasteiger partial charge in [-0.25, -0.2) is 9.97 Å². The molecule has 382 valence electrons. The maximum absolute atomic E-state index is 4.84. The lowest BCUT2D eigenvalue weighted by Crippen LogP contribution is -1.92. The average molecular weight is 1020 g/mol. The lowest BCUT2D eigenvalue weighted by molar-refractivity contribution is 0.371. The molecule has 0 spiro atoms. The van der Waals surface area contributed by atoms with Gasteiger partial charge >= 0.3 is 0 Å². The molecular weight excluding hydrogens is 937 g/mol. The van der Waals surface area contributed by atoms with Gasteiger partial charge in [-0.3, -0.25) is 9.97 Å². The number of fused-ring (bicyclic) bond motifs is 1. The molecule has 0 N–H and O–H groups in total. The van der Waals surface area contributed by atoms with E-state index in [-0.39, 0.29) is 0 Å². The summed E-state index contributed by atoms with van der Waals surface area (Å²) < 4.78 is 10.8. The Morgan fingerprint density at radius 3 is 1.48 bits per heavy atom. The average Bonchev–Trinajstić information content (AvgIpc) is 4.24. The summed E-state index contributed by atoms with van der Waals surface area (Å²) in [6.45, 7) is 34.2. The quantitative estimate of drug-likeness (QED) is 0.145. The zero-order valence-electron chi connectivity index (χ0n) is 45.1. The molecule has 7 heterocycles. The Kier molecular flexibility index (Phi) is 30.6. The van der Waals surface area contributed by atoms with Gasteiger partial charge in [0.2, 0.25) is 0 Å². The smallest absolute Gasteiger partial charge is 0.139 e.